The Labute approximate surface area is 89.7 Å². The van der Waals surface area contributed by atoms with E-state index in [1.54, 1.807) is 0 Å². The quantitative estimate of drug-likeness (QED) is 0.649. The second kappa shape index (κ2) is 6.88. The Morgan fingerprint density at radius 1 is 1.40 bits per heavy atom. The standard InChI is InChI=1S/C11H20F3N/c1-4-7-15-10(6-5-9(2)3)8-11(12,13)14/h10,15H,2,4-8H2,1,3H3. The maximum Gasteiger partial charge on any atom is 0.390 e. The minimum atomic E-state index is -4.08. The number of hydrogen-bond donors (Lipinski definition) is 1. The van der Waals surface area contributed by atoms with Crippen molar-refractivity contribution in [1.29, 1.82) is 0 Å². The zero-order valence-electron chi connectivity index (χ0n) is 9.45. The van der Waals surface area contributed by atoms with Gasteiger partial charge in [0.2, 0.25) is 0 Å². The molecule has 0 aliphatic rings. The molecule has 0 aromatic rings. The van der Waals surface area contributed by atoms with Gasteiger partial charge < -0.3 is 5.32 Å². The van der Waals surface area contributed by atoms with Crippen LogP contribution in [-0.4, -0.2) is 18.8 Å². The number of hydrogen-bond acceptors (Lipinski definition) is 1. The predicted octanol–water partition coefficient (Wildman–Crippen LogP) is 3.66. The van der Waals surface area contributed by atoms with Crippen LogP contribution in [0.3, 0.4) is 0 Å². The van der Waals surface area contributed by atoms with E-state index in [1.807, 2.05) is 13.8 Å². The summed E-state index contributed by atoms with van der Waals surface area (Å²) in [7, 11) is 0. The van der Waals surface area contributed by atoms with Crippen molar-refractivity contribution in [2.24, 2.45) is 0 Å². The topological polar surface area (TPSA) is 12.0 Å². The van der Waals surface area contributed by atoms with Gasteiger partial charge in [0.1, 0.15) is 0 Å². The Bertz CT molecular complexity index is 187. The number of alkyl halides is 3. The first-order valence-electron chi connectivity index (χ1n) is 5.29. The van der Waals surface area contributed by atoms with Crippen molar-refractivity contribution in [3.8, 4) is 0 Å². The molecule has 90 valence electrons. The van der Waals surface area contributed by atoms with Crippen molar-refractivity contribution in [2.45, 2.75) is 51.7 Å². The Morgan fingerprint density at radius 2 is 2.00 bits per heavy atom. The third-order valence-corrected chi connectivity index (χ3v) is 2.08. The molecule has 0 aliphatic heterocycles. The summed E-state index contributed by atoms with van der Waals surface area (Å²) >= 11 is 0. The number of nitrogens with one attached hydrogen (secondary N) is 1. The summed E-state index contributed by atoms with van der Waals surface area (Å²) in [4.78, 5) is 0. The second-order valence-electron chi connectivity index (χ2n) is 3.97. The van der Waals surface area contributed by atoms with Crippen LogP contribution >= 0.6 is 0 Å². The maximum absolute atomic E-state index is 12.2. The van der Waals surface area contributed by atoms with Crippen LogP contribution in [-0.2, 0) is 0 Å². The van der Waals surface area contributed by atoms with Gasteiger partial charge in [-0.2, -0.15) is 13.2 Å². The lowest BCUT2D eigenvalue weighted by Gasteiger charge is -2.20. The van der Waals surface area contributed by atoms with Crippen LogP contribution < -0.4 is 5.32 Å². The smallest absolute Gasteiger partial charge is 0.314 e. The molecule has 1 nitrogen and oxygen atoms in total. The Kier molecular flexibility index (Phi) is 6.65. The lowest BCUT2D eigenvalue weighted by molar-refractivity contribution is -0.140. The molecule has 4 heteroatoms. The van der Waals surface area contributed by atoms with E-state index in [1.165, 1.54) is 0 Å². The first-order valence-corrected chi connectivity index (χ1v) is 5.29. The van der Waals surface area contributed by atoms with Crippen LogP contribution in [0, 0.1) is 0 Å². The van der Waals surface area contributed by atoms with Crippen LogP contribution in [0.2, 0.25) is 0 Å². The fraction of sp³-hybridized carbons (Fsp3) is 0.818. The molecule has 0 aliphatic carbocycles. The molecule has 0 saturated heterocycles. The lowest BCUT2D eigenvalue weighted by Crippen LogP contribution is -2.34. The average molecular weight is 223 g/mol. The number of allylic oxidation sites excluding steroid dienone is 1. The number of rotatable bonds is 7. The summed E-state index contributed by atoms with van der Waals surface area (Å²) in [6.45, 7) is 8.11. The summed E-state index contributed by atoms with van der Waals surface area (Å²) < 4.78 is 36.6. The predicted molar refractivity (Wildman–Crippen MR) is 56.8 cm³/mol. The molecule has 0 amide bonds. The van der Waals surface area contributed by atoms with Gasteiger partial charge in [0.05, 0.1) is 6.42 Å². The van der Waals surface area contributed by atoms with E-state index in [0.29, 0.717) is 19.4 Å². The molecule has 1 atom stereocenters. The van der Waals surface area contributed by atoms with E-state index in [9.17, 15) is 13.2 Å². The van der Waals surface area contributed by atoms with Crippen LogP contribution in [0.1, 0.15) is 39.5 Å². The molecule has 0 aromatic carbocycles. The Balaban J connectivity index is 4.00. The molecular formula is C11H20F3N. The molecule has 0 radical (unpaired) electrons. The highest BCUT2D eigenvalue weighted by molar-refractivity contribution is 4.89. The zero-order valence-corrected chi connectivity index (χ0v) is 9.45. The SMILES string of the molecule is C=C(C)CCC(CC(F)(F)F)NCCC. The molecular weight excluding hydrogens is 203 g/mol. The first kappa shape index (κ1) is 14.5. The molecule has 0 heterocycles. The molecule has 0 rings (SSSR count). The largest absolute Gasteiger partial charge is 0.390 e. The van der Waals surface area contributed by atoms with Gasteiger partial charge in [0.25, 0.3) is 0 Å². The van der Waals surface area contributed by atoms with Crippen molar-refractivity contribution in [3.63, 3.8) is 0 Å². The maximum atomic E-state index is 12.2. The minimum Gasteiger partial charge on any atom is -0.314 e. The first-order chi connectivity index (χ1) is 6.85. The van der Waals surface area contributed by atoms with Crippen molar-refractivity contribution in [3.05, 3.63) is 12.2 Å². The van der Waals surface area contributed by atoms with Gasteiger partial charge in [-0.3, -0.25) is 0 Å². The number of halogens is 3. The normalized spacial score (nSPS) is 13.9. The molecule has 1 N–H and O–H groups in total. The minimum absolute atomic E-state index is 0.471. The average Bonchev–Trinajstić information content (AvgIpc) is 2.07. The zero-order chi connectivity index (χ0) is 11.9. The van der Waals surface area contributed by atoms with Crippen LogP contribution in [0.5, 0.6) is 0 Å². The summed E-state index contributed by atoms with van der Waals surface area (Å²) in [5.41, 5.74) is 0.931. The summed E-state index contributed by atoms with van der Waals surface area (Å²) in [5.74, 6) is 0. The van der Waals surface area contributed by atoms with Gasteiger partial charge in [0.15, 0.2) is 0 Å². The molecule has 0 spiro atoms. The summed E-state index contributed by atoms with van der Waals surface area (Å²) in [6, 6.07) is -0.471. The molecule has 15 heavy (non-hydrogen) atoms. The Morgan fingerprint density at radius 3 is 2.40 bits per heavy atom. The fourth-order valence-corrected chi connectivity index (χ4v) is 1.32. The van der Waals surface area contributed by atoms with Crippen molar-refractivity contribution < 1.29 is 13.2 Å². The highest BCUT2D eigenvalue weighted by atomic mass is 19.4. The van der Waals surface area contributed by atoms with Crippen LogP contribution in [0.4, 0.5) is 13.2 Å². The van der Waals surface area contributed by atoms with Crippen molar-refractivity contribution in [2.75, 3.05) is 6.54 Å². The van der Waals surface area contributed by atoms with Crippen LogP contribution in [0.15, 0.2) is 12.2 Å². The van der Waals surface area contributed by atoms with Crippen molar-refractivity contribution in [1.82, 2.24) is 5.32 Å². The molecule has 0 fully saturated rings. The van der Waals surface area contributed by atoms with E-state index in [2.05, 4.69) is 11.9 Å². The second-order valence-corrected chi connectivity index (χ2v) is 3.97. The van der Waals surface area contributed by atoms with E-state index in [0.717, 1.165) is 12.0 Å². The Hall–Kier alpha value is -0.510. The summed E-state index contributed by atoms with van der Waals surface area (Å²) in [6.07, 6.45) is -2.82. The molecule has 0 bridgehead atoms. The van der Waals surface area contributed by atoms with Gasteiger partial charge in [0, 0.05) is 6.04 Å². The van der Waals surface area contributed by atoms with E-state index < -0.39 is 18.6 Å². The lowest BCUT2D eigenvalue weighted by atomic mass is 10.0. The van der Waals surface area contributed by atoms with E-state index in [-0.39, 0.29) is 0 Å². The van der Waals surface area contributed by atoms with Crippen molar-refractivity contribution >= 4 is 0 Å². The highest BCUT2D eigenvalue weighted by Gasteiger charge is 2.31. The molecule has 0 aromatic heterocycles. The molecule has 0 saturated carbocycles. The van der Waals surface area contributed by atoms with E-state index in [4.69, 9.17) is 0 Å². The van der Waals surface area contributed by atoms with Crippen LogP contribution in [0.25, 0.3) is 0 Å². The van der Waals surface area contributed by atoms with Gasteiger partial charge >= 0.3 is 6.18 Å². The highest BCUT2D eigenvalue weighted by Crippen LogP contribution is 2.23. The van der Waals surface area contributed by atoms with Gasteiger partial charge in [-0.1, -0.05) is 12.5 Å². The van der Waals surface area contributed by atoms with Gasteiger partial charge in [-0.25, -0.2) is 0 Å². The van der Waals surface area contributed by atoms with Gasteiger partial charge in [-0.05, 0) is 32.7 Å². The monoisotopic (exact) mass is 223 g/mol. The third-order valence-electron chi connectivity index (χ3n) is 2.08. The van der Waals surface area contributed by atoms with Gasteiger partial charge in [-0.15, -0.1) is 6.58 Å². The van der Waals surface area contributed by atoms with E-state index >= 15 is 0 Å². The fourth-order valence-electron chi connectivity index (χ4n) is 1.32. The summed E-state index contributed by atoms with van der Waals surface area (Å²) in [5, 5.41) is 2.92. The third kappa shape index (κ3) is 9.79. The molecule has 1 unspecified atom stereocenters.